The zero-order chi connectivity index (χ0) is 12.6. The van der Waals surface area contributed by atoms with E-state index in [2.05, 4.69) is 24.3 Å². The summed E-state index contributed by atoms with van der Waals surface area (Å²) >= 11 is 0. The van der Waals surface area contributed by atoms with Crippen LogP contribution in [0.5, 0.6) is 0 Å². The number of rotatable bonds is 2. The molecule has 1 aromatic carbocycles. The first-order valence-corrected chi connectivity index (χ1v) is 5.61. The molecule has 90 valence electrons. The minimum absolute atomic E-state index is 0.278. The Labute approximate surface area is 99.8 Å². The topological polar surface area (TPSA) is 50.9 Å². The number of hydrazine groups is 1. The lowest BCUT2D eigenvalue weighted by atomic mass is 10.00. The minimum Gasteiger partial charge on any atom is -0.308 e. The van der Waals surface area contributed by atoms with Crippen LogP contribution in [0.3, 0.4) is 0 Å². The summed E-state index contributed by atoms with van der Waals surface area (Å²) in [5.41, 5.74) is 4.91. The van der Waals surface area contributed by atoms with Gasteiger partial charge in [0.15, 0.2) is 0 Å². The van der Waals surface area contributed by atoms with E-state index in [1.165, 1.54) is 6.07 Å². The third kappa shape index (κ3) is 1.96. The molecular formula is C13H16FN3. The van der Waals surface area contributed by atoms with E-state index in [-0.39, 0.29) is 11.7 Å². The molecule has 0 saturated heterocycles. The minimum atomic E-state index is -0.322. The average molecular weight is 233 g/mol. The number of nitrogens with one attached hydrogen (secondary N) is 1. The number of hydrogen-bond donors (Lipinski definition) is 2. The summed E-state index contributed by atoms with van der Waals surface area (Å²) in [5, 5.41) is 0.840. The maximum atomic E-state index is 13.7. The fourth-order valence-corrected chi connectivity index (χ4v) is 1.93. The van der Waals surface area contributed by atoms with E-state index in [1.807, 2.05) is 13.0 Å². The van der Waals surface area contributed by atoms with Crippen LogP contribution in [0.15, 0.2) is 18.2 Å². The van der Waals surface area contributed by atoms with E-state index in [4.69, 9.17) is 5.84 Å². The second-order valence-electron chi connectivity index (χ2n) is 4.49. The molecule has 0 atom stereocenters. The molecule has 0 unspecified atom stereocenters. The molecule has 0 fully saturated rings. The van der Waals surface area contributed by atoms with Gasteiger partial charge < -0.3 is 5.43 Å². The van der Waals surface area contributed by atoms with E-state index in [0.717, 1.165) is 16.5 Å². The Morgan fingerprint density at radius 3 is 2.65 bits per heavy atom. The van der Waals surface area contributed by atoms with Crippen LogP contribution in [-0.2, 0) is 0 Å². The first kappa shape index (κ1) is 11.8. The van der Waals surface area contributed by atoms with Crippen molar-refractivity contribution in [1.29, 1.82) is 0 Å². The van der Waals surface area contributed by atoms with Crippen molar-refractivity contribution in [1.82, 2.24) is 4.98 Å². The molecule has 0 saturated carbocycles. The van der Waals surface area contributed by atoms with Crippen molar-refractivity contribution in [3.8, 4) is 0 Å². The zero-order valence-electron chi connectivity index (χ0n) is 10.2. The average Bonchev–Trinajstić information content (AvgIpc) is 2.32. The predicted molar refractivity (Wildman–Crippen MR) is 68.3 cm³/mol. The number of nitrogen functional groups attached to an aromatic ring is 1. The van der Waals surface area contributed by atoms with Crippen molar-refractivity contribution in [2.75, 3.05) is 5.43 Å². The number of benzene rings is 1. The largest absolute Gasteiger partial charge is 0.308 e. The molecule has 0 aliphatic heterocycles. The zero-order valence-corrected chi connectivity index (χ0v) is 10.2. The Bertz CT molecular complexity index is 564. The van der Waals surface area contributed by atoms with Crippen LogP contribution in [0, 0.1) is 12.7 Å². The van der Waals surface area contributed by atoms with Gasteiger partial charge in [-0.1, -0.05) is 19.9 Å². The molecule has 2 aromatic rings. The third-order valence-electron chi connectivity index (χ3n) is 2.94. The number of aryl methyl sites for hydroxylation is 1. The number of aromatic nitrogens is 1. The second-order valence-corrected chi connectivity index (χ2v) is 4.49. The van der Waals surface area contributed by atoms with Gasteiger partial charge in [-0.2, -0.15) is 0 Å². The Morgan fingerprint density at radius 2 is 2.06 bits per heavy atom. The SMILES string of the molecule is Cc1ccc(F)c2nc(NN)c(C(C)C)cc12. The van der Waals surface area contributed by atoms with E-state index in [0.29, 0.717) is 11.3 Å². The molecule has 0 aliphatic carbocycles. The number of nitrogens with two attached hydrogens (primary N) is 1. The maximum Gasteiger partial charge on any atom is 0.149 e. The number of hydrogen-bond acceptors (Lipinski definition) is 3. The Kier molecular flexibility index (Phi) is 2.98. The van der Waals surface area contributed by atoms with Crippen molar-refractivity contribution in [2.24, 2.45) is 5.84 Å². The molecule has 0 radical (unpaired) electrons. The lowest BCUT2D eigenvalue weighted by Crippen LogP contribution is -2.12. The molecule has 0 aliphatic rings. The molecule has 0 bridgehead atoms. The first-order valence-electron chi connectivity index (χ1n) is 5.61. The maximum absolute atomic E-state index is 13.7. The van der Waals surface area contributed by atoms with Crippen molar-refractivity contribution in [3.05, 3.63) is 35.1 Å². The Balaban J connectivity index is 2.83. The summed E-state index contributed by atoms with van der Waals surface area (Å²) in [4.78, 5) is 4.26. The molecule has 0 spiro atoms. The number of anilines is 1. The second kappa shape index (κ2) is 4.30. The van der Waals surface area contributed by atoms with Gasteiger partial charge in [0.1, 0.15) is 17.2 Å². The fourth-order valence-electron chi connectivity index (χ4n) is 1.93. The van der Waals surface area contributed by atoms with Gasteiger partial charge in [-0.15, -0.1) is 0 Å². The van der Waals surface area contributed by atoms with Crippen molar-refractivity contribution < 1.29 is 4.39 Å². The van der Waals surface area contributed by atoms with Crippen LogP contribution in [0.1, 0.15) is 30.9 Å². The van der Waals surface area contributed by atoms with Gasteiger partial charge in [-0.05, 0) is 36.1 Å². The lowest BCUT2D eigenvalue weighted by molar-refractivity contribution is 0.636. The molecule has 4 heteroatoms. The fraction of sp³-hybridized carbons (Fsp3) is 0.308. The summed E-state index contributed by atoms with van der Waals surface area (Å²) in [6.07, 6.45) is 0. The van der Waals surface area contributed by atoms with E-state index < -0.39 is 0 Å². The van der Waals surface area contributed by atoms with Crippen LogP contribution < -0.4 is 11.3 Å². The standard InChI is InChI=1S/C13H16FN3/c1-7(2)9-6-10-8(3)4-5-11(14)12(10)16-13(9)17-15/h4-7H,15H2,1-3H3,(H,16,17). The number of halogens is 1. The monoisotopic (exact) mass is 233 g/mol. The summed E-state index contributed by atoms with van der Waals surface area (Å²) in [7, 11) is 0. The third-order valence-corrected chi connectivity index (χ3v) is 2.94. The van der Waals surface area contributed by atoms with Crippen molar-refractivity contribution in [3.63, 3.8) is 0 Å². The van der Waals surface area contributed by atoms with Crippen LogP contribution in [0.25, 0.3) is 10.9 Å². The number of pyridine rings is 1. The van der Waals surface area contributed by atoms with Gasteiger partial charge in [-0.3, -0.25) is 0 Å². The highest BCUT2D eigenvalue weighted by Crippen LogP contribution is 2.29. The van der Waals surface area contributed by atoms with Crippen LogP contribution in [0.4, 0.5) is 10.2 Å². The van der Waals surface area contributed by atoms with Crippen molar-refractivity contribution >= 4 is 16.7 Å². The molecule has 3 nitrogen and oxygen atoms in total. The van der Waals surface area contributed by atoms with E-state index in [1.54, 1.807) is 6.07 Å². The highest BCUT2D eigenvalue weighted by Gasteiger charge is 2.12. The predicted octanol–water partition coefficient (Wildman–Crippen LogP) is 3.09. The number of nitrogens with zero attached hydrogens (tertiary/aromatic N) is 1. The summed E-state index contributed by atoms with van der Waals surface area (Å²) < 4.78 is 13.7. The van der Waals surface area contributed by atoms with Crippen LogP contribution in [0.2, 0.25) is 0 Å². The van der Waals surface area contributed by atoms with Gasteiger partial charge in [0.25, 0.3) is 0 Å². The molecule has 0 amide bonds. The smallest absolute Gasteiger partial charge is 0.149 e. The highest BCUT2D eigenvalue weighted by atomic mass is 19.1. The highest BCUT2D eigenvalue weighted by molar-refractivity contribution is 5.85. The van der Waals surface area contributed by atoms with Gasteiger partial charge >= 0.3 is 0 Å². The summed E-state index contributed by atoms with van der Waals surface area (Å²) in [6, 6.07) is 5.15. The molecule has 3 N–H and O–H groups in total. The van der Waals surface area contributed by atoms with Crippen LogP contribution >= 0.6 is 0 Å². The Hall–Kier alpha value is -1.68. The molecule has 2 rings (SSSR count). The van der Waals surface area contributed by atoms with Gasteiger partial charge in [0.2, 0.25) is 0 Å². The molecule has 1 heterocycles. The van der Waals surface area contributed by atoms with Crippen LogP contribution in [-0.4, -0.2) is 4.98 Å². The lowest BCUT2D eigenvalue weighted by Gasteiger charge is -2.14. The van der Waals surface area contributed by atoms with Gasteiger partial charge in [0, 0.05) is 5.39 Å². The van der Waals surface area contributed by atoms with Gasteiger partial charge in [0.05, 0.1) is 0 Å². The number of fused-ring (bicyclic) bond motifs is 1. The van der Waals surface area contributed by atoms with Crippen molar-refractivity contribution in [2.45, 2.75) is 26.7 Å². The van der Waals surface area contributed by atoms with E-state index in [9.17, 15) is 4.39 Å². The Morgan fingerprint density at radius 1 is 1.35 bits per heavy atom. The first-order chi connectivity index (χ1) is 8.04. The normalized spacial score (nSPS) is 11.2. The summed E-state index contributed by atoms with van der Waals surface area (Å²) in [5.74, 6) is 5.93. The van der Waals surface area contributed by atoms with E-state index >= 15 is 0 Å². The summed E-state index contributed by atoms with van der Waals surface area (Å²) in [6.45, 7) is 6.06. The molecule has 1 aromatic heterocycles. The molecule has 17 heavy (non-hydrogen) atoms. The molecular weight excluding hydrogens is 217 g/mol. The quantitative estimate of drug-likeness (QED) is 0.619. The van der Waals surface area contributed by atoms with Gasteiger partial charge in [-0.25, -0.2) is 15.2 Å².